The fourth-order valence-electron chi connectivity index (χ4n) is 3.51. The SMILES string of the molecule is CN=C(NCC(c1ccc(C)cc1)N(C)C)N1CC(C)C(C(=O)OC)C1. The van der Waals surface area contributed by atoms with E-state index < -0.39 is 0 Å². The molecule has 144 valence electrons. The van der Waals surface area contributed by atoms with Crippen molar-refractivity contribution in [2.75, 3.05) is 47.9 Å². The molecular weight excluding hydrogens is 328 g/mol. The van der Waals surface area contributed by atoms with Crippen LogP contribution in [0.3, 0.4) is 0 Å². The Morgan fingerprint density at radius 1 is 1.35 bits per heavy atom. The van der Waals surface area contributed by atoms with E-state index in [1.165, 1.54) is 18.2 Å². The molecule has 6 nitrogen and oxygen atoms in total. The van der Waals surface area contributed by atoms with Gasteiger partial charge in [-0.25, -0.2) is 0 Å². The number of ether oxygens (including phenoxy) is 1. The van der Waals surface area contributed by atoms with Gasteiger partial charge in [0.05, 0.1) is 19.1 Å². The molecule has 1 aromatic carbocycles. The van der Waals surface area contributed by atoms with Crippen LogP contribution in [-0.4, -0.2) is 69.6 Å². The van der Waals surface area contributed by atoms with Gasteiger partial charge in [-0.3, -0.25) is 9.79 Å². The van der Waals surface area contributed by atoms with E-state index in [4.69, 9.17) is 4.74 Å². The first-order valence-electron chi connectivity index (χ1n) is 9.13. The highest BCUT2D eigenvalue weighted by Gasteiger charge is 2.37. The van der Waals surface area contributed by atoms with Gasteiger partial charge in [0.2, 0.25) is 0 Å². The maximum Gasteiger partial charge on any atom is 0.310 e. The molecular formula is C20H32N4O2. The number of likely N-dealkylation sites (N-methyl/N-ethyl adjacent to an activating group) is 1. The smallest absolute Gasteiger partial charge is 0.310 e. The van der Waals surface area contributed by atoms with Gasteiger partial charge in [-0.2, -0.15) is 0 Å². The Hall–Kier alpha value is -2.08. The summed E-state index contributed by atoms with van der Waals surface area (Å²) in [6.07, 6.45) is 0. The number of nitrogens with one attached hydrogen (secondary N) is 1. The zero-order valence-corrected chi connectivity index (χ0v) is 16.8. The number of carbonyl (C=O) groups excluding carboxylic acids is 1. The van der Waals surface area contributed by atoms with E-state index in [1.807, 2.05) is 0 Å². The number of methoxy groups -OCH3 is 1. The summed E-state index contributed by atoms with van der Waals surface area (Å²) < 4.78 is 4.93. The van der Waals surface area contributed by atoms with E-state index in [0.29, 0.717) is 6.54 Å². The van der Waals surface area contributed by atoms with Crippen LogP contribution in [0, 0.1) is 18.8 Å². The summed E-state index contributed by atoms with van der Waals surface area (Å²) >= 11 is 0. The monoisotopic (exact) mass is 360 g/mol. The van der Waals surface area contributed by atoms with Gasteiger partial charge in [0.25, 0.3) is 0 Å². The molecule has 1 saturated heterocycles. The summed E-state index contributed by atoms with van der Waals surface area (Å²) in [6, 6.07) is 8.88. The molecule has 0 aromatic heterocycles. The van der Waals surface area contributed by atoms with Crippen LogP contribution in [0.5, 0.6) is 0 Å². The first kappa shape index (κ1) is 20.2. The zero-order chi connectivity index (χ0) is 19.3. The maximum atomic E-state index is 11.9. The number of hydrogen-bond donors (Lipinski definition) is 1. The fourth-order valence-corrected chi connectivity index (χ4v) is 3.51. The molecule has 3 atom stereocenters. The highest BCUT2D eigenvalue weighted by atomic mass is 16.5. The second-order valence-electron chi connectivity index (χ2n) is 7.33. The Kier molecular flexibility index (Phi) is 7.03. The van der Waals surface area contributed by atoms with Crippen molar-refractivity contribution in [1.82, 2.24) is 15.1 Å². The number of hydrogen-bond acceptors (Lipinski definition) is 4. The van der Waals surface area contributed by atoms with Crippen molar-refractivity contribution < 1.29 is 9.53 Å². The number of guanidine groups is 1. The first-order valence-corrected chi connectivity index (χ1v) is 9.13. The molecule has 26 heavy (non-hydrogen) atoms. The third kappa shape index (κ3) is 4.75. The predicted molar refractivity (Wildman–Crippen MR) is 105 cm³/mol. The normalized spacial score (nSPS) is 21.8. The van der Waals surface area contributed by atoms with Crippen LogP contribution < -0.4 is 5.32 Å². The predicted octanol–water partition coefficient (Wildman–Crippen LogP) is 1.91. The van der Waals surface area contributed by atoms with E-state index in [2.05, 4.69) is 72.3 Å². The molecule has 0 spiro atoms. The lowest BCUT2D eigenvalue weighted by molar-refractivity contribution is -0.145. The number of aryl methyl sites for hydroxylation is 1. The third-order valence-electron chi connectivity index (χ3n) is 5.17. The molecule has 0 aliphatic carbocycles. The van der Waals surface area contributed by atoms with Crippen molar-refractivity contribution in [3.8, 4) is 0 Å². The minimum atomic E-state index is -0.138. The second kappa shape index (κ2) is 9.03. The quantitative estimate of drug-likeness (QED) is 0.494. The molecule has 1 fully saturated rings. The molecule has 0 amide bonds. The lowest BCUT2D eigenvalue weighted by Gasteiger charge is -2.28. The molecule has 1 aliphatic rings. The van der Waals surface area contributed by atoms with Gasteiger partial charge in [-0.15, -0.1) is 0 Å². The molecule has 1 heterocycles. The van der Waals surface area contributed by atoms with Crippen molar-refractivity contribution in [3.05, 3.63) is 35.4 Å². The van der Waals surface area contributed by atoms with Crippen LogP contribution in [0.2, 0.25) is 0 Å². The number of rotatable bonds is 5. The van der Waals surface area contributed by atoms with Gasteiger partial charge < -0.3 is 19.9 Å². The van der Waals surface area contributed by atoms with Crippen molar-refractivity contribution in [3.63, 3.8) is 0 Å². The number of carbonyl (C=O) groups is 1. The van der Waals surface area contributed by atoms with E-state index in [-0.39, 0.29) is 23.8 Å². The lowest BCUT2D eigenvalue weighted by Crippen LogP contribution is -2.43. The van der Waals surface area contributed by atoms with Gasteiger partial charge in [-0.1, -0.05) is 36.8 Å². The van der Waals surface area contributed by atoms with Crippen LogP contribution in [-0.2, 0) is 9.53 Å². The van der Waals surface area contributed by atoms with E-state index in [1.54, 1.807) is 7.05 Å². The van der Waals surface area contributed by atoms with Gasteiger partial charge >= 0.3 is 5.97 Å². The number of nitrogens with zero attached hydrogens (tertiary/aromatic N) is 3. The number of likely N-dealkylation sites (tertiary alicyclic amines) is 1. The molecule has 6 heteroatoms. The number of aliphatic imine (C=N–C) groups is 1. The van der Waals surface area contributed by atoms with Crippen LogP contribution in [0.1, 0.15) is 24.1 Å². The third-order valence-corrected chi connectivity index (χ3v) is 5.17. The molecule has 0 bridgehead atoms. The molecule has 1 aliphatic heterocycles. The van der Waals surface area contributed by atoms with Crippen LogP contribution in [0.4, 0.5) is 0 Å². The van der Waals surface area contributed by atoms with Crippen LogP contribution in [0.25, 0.3) is 0 Å². The minimum absolute atomic E-state index is 0.0969. The molecule has 3 unspecified atom stereocenters. The van der Waals surface area contributed by atoms with Gasteiger partial charge in [0.15, 0.2) is 5.96 Å². The van der Waals surface area contributed by atoms with Crippen molar-refractivity contribution >= 4 is 11.9 Å². The van der Waals surface area contributed by atoms with Gasteiger partial charge in [0, 0.05) is 26.7 Å². The molecule has 0 saturated carbocycles. The van der Waals surface area contributed by atoms with E-state index in [0.717, 1.165) is 19.0 Å². The topological polar surface area (TPSA) is 57.2 Å². The van der Waals surface area contributed by atoms with Gasteiger partial charge in [0.1, 0.15) is 0 Å². The second-order valence-corrected chi connectivity index (χ2v) is 7.33. The van der Waals surface area contributed by atoms with E-state index >= 15 is 0 Å². The largest absolute Gasteiger partial charge is 0.469 e. The first-order chi connectivity index (χ1) is 12.4. The van der Waals surface area contributed by atoms with E-state index in [9.17, 15) is 4.79 Å². The molecule has 2 rings (SSSR count). The zero-order valence-electron chi connectivity index (χ0n) is 16.8. The van der Waals surface area contributed by atoms with Crippen molar-refractivity contribution in [1.29, 1.82) is 0 Å². The summed E-state index contributed by atoms with van der Waals surface area (Å²) in [4.78, 5) is 20.7. The lowest BCUT2D eigenvalue weighted by atomic mass is 9.99. The Morgan fingerprint density at radius 3 is 2.54 bits per heavy atom. The molecule has 1 N–H and O–H groups in total. The Balaban J connectivity index is 2.03. The average Bonchev–Trinajstić information content (AvgIpc) is 3.00. The van der Waals surface area contributed by atoms with Crippen LogP contribution >= 0.6 is 0 Å². The fraction of sp³-hybridized carbons (Fsp3) is 0.600. The summed E-state index contributed by atoms with van der Waals surface area (Å²) in [7, 11) is 7.41. The minimum Gasteiger partial charge on any atom is -0.469 e. The Bertz CT molecular complexity index is 627. The Morgan fingerprint density at radius 2 is 2.00 bits per heavy atom. The summed E-state index contributed by atoms with van der Waals surface area (Å²) in [5, 5.41) is 3.49. The standard InChI is InChI=1S/C20H32N4O2/c1-14-7-9-16(10-8-14)18(23(4)5)11-22-20(21-3)24-12-15(2)17(13-24)19(25)26-6/h7-10,15,17-18H,11-13H2,1-6H3,(H,21,22). The number of benzene rings is 1. The molecule has 1 aromatic rings. The van der Waals surface area contributed by atoms with Crippen molar-refractivity contribution in [2.24, 2.45) is 16.8 Å². The highest BCUT2D eigenvalue weighted by Crippen LogP contribution is 2.24. The molecule has 0 radical (unpaired) electrons. The summed E-state index contributed by atoms with van der Waals surface area (Å²) in [6.45, 7) is 6.38. The van der Waals surface area contributed by atoms with Crippen molar-refractivity contribution in [2.45, 2.75) is 19.9 Å². The highest BCUT2D eigenvalue weighted by molar-refractivity contribution is 5.82. The number of esters is 1. The summed E-state index contributed by atoms with van der Waals surface area (Å²) in [5.74, 6) is 0.853. The Labute approximate surface area is 157 Å². The maximum absolute atomic E-state index is 11.9. The summed E-state index contributed by atoms with van der Waals surface area (Å²) in [5.41, 5.74) is 2.53. The van der Waals surface area contributed by atoms with Crippen LogP contribution in [0.15, 0.2) is 29.3 Å². The van der Waals surface area contributed by atoms with Gasteiger partial charge in [-0.05, 0) is 32.5 Å². The average molecular weight is 361 g/mol.